The van der Waals surface area contributed by atoms with Gasteiger partial charge in [0, 0.05) is 23.1 Å². The maximum atomic E-state index is 5.74. The highest BCUT2D eigenvalue weighted by Gasteiger charge is 2.19. The molecule has 0 aliphatic rings. The minimum absolute atomic E-state index is 0.630. The van der Waals surface area contributed by atoms with Crippen molar-refractivity contribution in [1.82, 2.24) is 4.98 Å². The van der Waals surface area contributed by atoms with Gasteiger partial charge in [0.1, 0.15) is 23.1 Å². The molecule has 0 spiro atoms. The number of aromatic nitrogens is 1. The average Bonchev–Trinajstić information content (AvgIpc) is 2.95. The zero-order chi connectivity index (χ0) is 24.9. The molecule has 0 unspecified atom stereocenters. The van der Waals surface area contributed by atoms with E-state index in [9.17, 15) is 0 Å². The Labute approximate surface area is 211 Å². The summed E-state index contributed by atoms with van der Waals surface area (Å²) in [6.45, 7) is 0.630. The number of rotatable bonds is 8. The lowest BCUT2D eigenvalue weighted by molar-refractivity contribution is 0.414. The van der Waals surface area contributed by atoms with Gasteiger partial charge in [-0.25, -0.2) is 4.98 Å². The van der Waals surface area contributed by atoms with Gasteiger partial charge in [-0.1, -0.05) is 60.7 Å². The van der Waals surface area contributed by atoms with Crippen LogP contribution in [0.5, 0.6) is 17.2 Å². The summed E-state index contributed by atoms with van der Waals surface area (Å²) in [4.78, 5) is 5.20. The van der Waals surface area contributed by atoms with Crippen molar-refractivity contribution in [3.63, 3.8) is 0 Å². The van der Waals surface area contributed by atoms with Gasteiger partial charge in [0.25, 0.3) is 0 Å². The van der Waals surface area contributed by atoms with Gasteiger partial charge < -0.3 is 19.5 Å². The van der Waals surface area contributed by atoms with Crippen molar-refractivity contribution in [2.45, 2.75) is 6.54 Å². The smallest absolute Gasteiger partial charge is 0.134 e. The van der Waals surface area contributed by atoms with Gasteiger partial charge in [0.15, 0.2) is 0 Å². The molecule has 5 heteroatoms. The Bertz CT molecular complexity index is 1500. The van der Waals surface area contributed by atoms with Crippen molar-refractivity contribution >= 4 is 16.6 Å². The molecule has 0 bridgehead atoms. The number of para-hydroxylation sites is 1. The molecule has 0 saturated carbocycles. The number of methoxy groups -OCH3 is 3. The topological polar surface area (TPSA) is 52.6 Å². The molecule has 0 radical (unpaired) electrons. The highest BCUT2D eigenvalue weighted by Crippen LogP contribution is 2.43. The minimum Gasteiger partial charge on any atom is -0.497 e. The van der Waals surface area contributed by atoms with Gasteiger partial charge in [-0.2, -0.15) is 0 Å². The lowest BCUT2D eigenvalue weighted by atomic mass is 9.93. The molecule has 1 N–H and O–H groups in total. The van der Waals surface area contributed by atoms with Crippen LogP contribution in [0, 0.1) is 0 Å². The van der Waals surface area contributed by atoms with Gasteiger partial charge in [-0.15, -0.1) is 0 Å². The van der Waals surface area contributed by atoms with E-state index in [1.165, 1.54) is 0 Å². The predicted octanol–water partition coefficient (Wildman–Crippen LogP) is 7.21. The fourth-order valence-electron chi connectivity index (χ4n) is 4.43. The van der Waals surface area contributed by atoms with Crippen LogP contribution in [0.15, 0.2) is 97.1 Å². The van der Waals surface area contributed by atoms with E-state index in [4.69, 9.17) is 19.2 Å². The van der Waals surface area contributed by atoms with E-state index >= 15 is 0 Å². The van der Waals surface area contributed by atoms with Crippen LogP contribution in [0.3, 0.4) is 0 Å². The largest absolute Gasteiger partial charge is 0.497 e. The van der Waals surface area contributed by atoms with Crippen LogP contribution in [0.2, 0.25) is 0 Å². The first-order valence-electron chi connectivity index (χ1n) is 11.8. The number of anilines is 1. The van der Waals surface area contributed by atoms with Crippen LogP contribution in [0.25, 0.3) is 33.2 Å². The molecule has 0 aliphatic heterocycles. The molecule has 1 aromatic heterocycles. The van der Waals surface area contributed by atoms with E-state index in [0.717, 1.165) is 61.8 Å². The second-order valence-electron chi connectivity index (χ2n) is 8.36. The standard InChI is InChI=1S/C31H28N2O3/c1-34-23-17-15-21(16-18-23)20-32-31-26-12-5-4-11-25(26)29(22-9-8-10-24(19-22)35-2)30(33-31)27-13-6-7-14-28(27)36-3/h4-19H,20H2,1-3H3,(H,32,33). The number of fused-ring (bicyclic) bond motifs is 1. The fourth-order valence-corrected chi connectivity index (χ4v) is 4.43. The number of pyridine rings is 1. The highest BCUT2D eigenvalue weighted by molar-refractivity contribution is 6.07. The summed E-state index contributed by atoms with van der Waals surface area (Å²) in [5.41, 5.74) is 4.97. The molecule has 4 aromatic carbocycles. The van der Waals surface area contributed by atoms with Crippen LogP contribution < -0.4 is 19.5 Å². The summed E-state index contributed by atoms with van der Waals surface area (Å²) in [7, 11) is 5.04. The average molecular weight is 477 g/mol. The number of hydrogen-bond donors (Lipinski definition) is 1. The molecule has 5 aromatic rings. The van der Waals surface area contributed by atoms with Gasteiger partial charge in [0.05, 0.1) is 27.0 Å². The second-order valence-corrected chi connectivity index (χ2v) is 8.36. The zero-order valence-electron chi connectivity index (χ0n) is 20.6. The lowest BCUT2D eigenvalue weighted by Crippen LogP contribution is -2.05. The molecular weight excluding hydrogens is 448 g/mol. The lowest BCUT2D eigenvalue weighted by Gasteiger charge is -2.19. The second kappa shape index (κ2) is 10.4. The first-order valence-corrected chi connectivity index (χ1v) is 11.8. The third-order valence-electron chi connectivity index (χ3n) is 6.25. The first kappa shape index (κ1) is 23.2. The molecule has 0 saturated heterocycles. The number of benzene rings is 4. The normalized spacial score (nSPS) is 10.8. The summed E-state index contributed by atoms with van der Waals surface area (Å²) < 4.78 is 16.6. The predicted molar refractivity (Wildman–Crippen MR) is 146 cm³/mol. The maximum absolute atomic E-state index is 5.74. The van der Waals surface area contributed by atoms with Crippen LogP contribution in [0.4, 0.5) is 5.82 Å². The molecule has 1 heterocycles. The number of nitrogens with one attached hydrogen (secondary N) is 1. The summed E-state index contributed by atoms with van der Waals surface area (Å²) >= 11 is 0. The van der Waals surface area contributed by atoms with Crippen LogP contribution in [-0.4, -0.2) is 26.3 Å². The van der Waals surface area contributed by atoms with E-state index in [2.05, 4.69) is 41.7 Å². The molecule has 0 amide bonds. The van der Waals surface area contributed by atoms with E-state index < -0.39 is 0 Å². The fraction of sp³-hybridized carbons (Fsp3) is 0.129. The molecule has 5 nitrogen and oxygen atoms in total. The summed E-state index contributed by atoms with van der Waals surface area (Å²) in [5, 5.41) is 5.71. The Kier molecular flexibility index (Phi) is 6.72. The van der Waals surface area contributed by atoms with Crippen molar-refractivity contribution in [3.8, 4) is 39.6 Å². The quantitative estimate of drug-likeness (QED) is 0.256. The van der Waals surface area contributed by atoms with Crippen molar-refractivity contribution in [3.05, 3.63) is 103 Å². The zero-order valence-corrected chi connectivity index (χ0v) is 20.6. The Morgan fingerprint density at radius 2 is 1.39 bits per heavy atom. The van der Waals surface area contributed by atoms with Crippen molar-refractivity contribution in [2.24, 2.45) is 0 Å². The number of nitrogens with zero attached hydrogens (tertiary/aromatic N) is 1. The SMILES string of the molecule is COc1ccc(CNc2nc(-c3ccccc3OC)c(-c3cccc(OC)c3)c3ccccc23)cc1. The molecule has 36 heavy (non-hydrogen) atoms. The summed E-state index contributed by atoms with van der Waals surface area (Å²) in [6, 6.07) is 32.5. The van der Waals surface area contributed by atoms with Crippen molar-refractivity contribution < 1.29 is 14.2 Å². The highest BCUT2D eigenvalue weighted by atomic mass is 16.5. The molecule has 5 rings (SSSR count). The van der Waals surface area contributed by atoms with Crippen molar-refractivity contribution in [2.75, 3.05) is 26.6 Å². The third kappa shape index (κ3) is 4.56. The van der Waals surface area contributed by atoms with Gasteiger partial charge >= 0.3 is 0 Å². The molecule has 0 fully saturated rings. The van der Waals surface area contributed by atoms with Crippen LogP contribution >= 0.6 is 0 Å². The van der Waals surface area contributed by atoms with E-state index in [-0.39, 0.29) is 0 Å². The monoisotopic (exact) mass is 476 g/mol. The van der Waals surface area contributed by atoms with Gasteiger partial charge in [0.2, 0.25) is 0 Å². The molecular formula is C31H28N2O3. The Morgan fingerprint density at radius 3 is 2.14 bits per heavy atom. The van der Waals surface area contributed by atoms with E-state index in [0.29, 0.717) is 6.54 Å². The number of hydrogen-bond acceptors (Lipinski definition) is 5. The molecule has 0 atom stereocenters. The number of ether oxygens (including phenoxy) is 3. The third-order valence-corrected chi connectivity index (χ3v) is 6.25. The van der Waals surface area contributed by atoms with Gasteiger partial charge in [-0.05, 0) is 52.9 Å². The Balaban J connectivity index is 1.71. The summed E-state index contributed by atoms with van der Waals surface area (Å²) in [6.07, 6.45) is 0. The van der Waals surface area contributed by atoms with Crippen molar-refractivity contribution in [1.29, 1.82) is 0 Å². The molecule has 180 valence electrons. The summed E-state index contributed by atoms with van der Waals surface area (Å²) in [5.74, 6) is 3.21. The first-order chi connectivity index (χ1) is 17.7. The Hall–Kier alpha value is -4.51. The van der Waals surface area contributed by atoms with E-state index in [1.54, 1.807) is 21.3 Å². The molecule has 0 aliphatic carbocycles. The Morgan fingerprint density at radius 1 is 0.667 bits per heavy atom. The van der Waals surface area contributed by atoms with Gasteiger partial charge in [-0.3, -0.25) is 0 Å². The van der Waals surface area contributed by atoms with Crippen LogP contribution in [0.1, 0.15) is 5.56 Å². The van der Waals surface area contributed by atoms with E-state index in [1.807, 2.05) is 60.7 Å². The van der Waals surface area contributed by atoms with Crippen LogP contribution in [-0.2, 0) is 6.54 Å². The minimum atomic E-state index is 0.630. The maximum Gasteiger partial charge on any atom is 0.134 e.